The van der Waals surface area contributed by atoms with E-state index in [-0.39, 0.29) is 19.7 Å². The molecule has 0 fully saturated rings. The molecule has 9 nitrogen and oxygen atoms in total. The molecule has 0 radical (unpaired) electrons. The molecule has 1 heterocycles. The number of hydrogen-bond acceptors (Lipinski definition) is 6. The molecule has 0 saturated heterocycles. The average Bonchev–Trinajstić information content (AvgIpc) is 3.41. The summed E-state index contributed by atoms with van der Waals surface area (Å²) in [5.41, 5.74) is 2.05. The number of anilines is 1. The fourth-order valence-corrected chi connectivity index (χ4v) is 4.32. The Labute approximate surface area is 226 Å². The summed E-state index contributed by atoms with van der Waals surface area (Å²) in [7, 11) is 4.60. The number of rotatable bonds is 10. The number of hydrogen-bond donors (Lipinski definition) is 1. The van der Waals surface area contributed by atoms with E-state index >= 15 is 0 Å². The van der Waals surface area contributed by atoms with Crippen molar-refractivity contribution in [2.75, 3.05) is 46.3 Å². The number of benzene rings is 3. The molecular weight excluding hydrogens is 503 g/mol. The van der Waals surface area contributed by atoms with Gasteiger partial charge < -0.3 is 24.4 Å². The molecule has 1 atom stereocenters. The first-order valence-corrected chi connectivity index (χ1v) is 12.4. The van der Waals surface area contributed by atoms with Crippen LogP contribution in [0.1, 0.15) is 23.6 Å². The Bertz CT molecular complexity index is 1330. The van der Waals surface area contributed by atoms with E-state index in [1.807, 2.05) is 12.1 Å². The maximum Gasteiger partial charge on any atom is 0.322 e. The van der Waals surface area contributed by atoms with Crippen LogP contribution in [0.3, 0.4) is 0 Å². The molecule has 4 rings (SSSR count). The van der Waals surface area contributed by atoms with Gasteiger partial charge in [-0.25, -0.2) is 14.2 Å². The number of hydrazone groups is 1. The topological polar surface area (TPSA) is 92.7 Å². The van der Waals surface area contributed by atoms with Gasteiger partial charge in [0.15, 0.2) is 0 Å². The van der Waals surface area contributed by atoms with Crippen LogP contribution in [0, 0.1) is 5.82 Å². The smallest absolute Gasteiger partial charge is 0.322 e. The Morgan fingerprint density at radius 1 is 1.00 bits per heavy atom. The van der Waals surface area contributed by atoms with Crippen molar-refractivity contribution in [2.24, 2.45) is 5.10 Å². The Hall–Kier alpha value is -4.44. The molecular formula is C29H31FN4O5. The minimum Gasteiger partial charge on any atom is -0.497 e. The number of nitrogens with one attached hydrogen (secondary N) is 1. The van der Waals surface area contributed by atoms with Crippen molar-refractivity contribution in [1.82, 2.24) is 9.91 Å². The normalized spacial score (nSPS) is 14.5. The lowest BCUT2D eigenvalue weighted by atomic mass is 9.98. The molecule has 0 aliphatic carbocycles. The average molecular weight is 535 g/mol. The van der Waals surface area contributed by atoms with Crippen molar-refractivity contribution in [1.29, 1.82) is 0 Å². The molecule has 39 heavy (non-hydrogen) atoms. The third-order valence-electron chi connectivity index (χ3n) is 6.38. The van der Waals surface area contributed by atoms with E-state index in [9.17, 15) is 14.0 Å². The summed E-state index contributed by atoms with van der Waals surface area (Å²) >= 11 is 0. The molecule has 0 aromatic heterocycles. The van der Waals surface area contributed by atoms with Crippen LogP contribution < -0.4 is 14.8 Å². The zero-order chi connectivity index (χ0) is 27.8. The highest BCUT2D eigenvalue weighted by Crippen LogP contribution is 2.34. The Balaban J connectivity index is 1.60. The number of methoxy groups -OCH3 is 3. The number of halogens is 1. The van der Waals surface area contributed by atoms with E-state index in [1.165, 1.54) is 30.2 Å². The standard InChI is InChI=1S/C29H31FN4O5/c1-37-17-16-33(29(36)31-24-10-6-7-11-27(24)39-3)19-28(35)34-26(20-12-14-21(38-2)15-13-20)18-25(32-34)22-8-4-5-9-23(22)30/h4-15,26H,16-19H2,1-3H3,(H,31,36). The van der Waals surface area contributed by atoms with E-state index in [4.69, 9.17) is 14.2 Å². The molecule has 10 heteroatoms. The first-order chi connectivity index (χ1) is 18.9. The van der Waals surface area contributed by atoms with Gasteiger partial charge >= 0.3 is 6.03 Å². The van der Waals surface area contributed by atoms with Gasteiger partial charge in [0.25, 0.3) is 5.91 Å². The second kappa shape index (κ2) is 12.9. The highest BCUT2D eigenvalue weighted by atomic mass is 19.1. The summed E-state index contributed by atoms with van der Waals surface area (Å²) < 4.78 is 30.4. The maximum atomic E-state index is 14.6. The lowest BCUT2D eigenvalue weighted by Crippen LogP contribution is -2.44. The number of para-hydroxylation sites is 2. The van der Waals surface area contributed by atoms with Gasteiger partial charge in [0.2, 0.25) is 0 Å². The summed E-state index contributed by atoms with van der Waals surface area (Å²) in [5, 5.41) is 8.68. The number of carbonyl (C=O) groups excluding carboxylic acids is 2. The van der Waals surface area contributed by atoms with Crippen molar-refractivity contribution >= 4 is 23.3 Å². The van der Waals surface area contributed by atoms with Crippen molar-refractivity contribution in [3.05, 3.63) is 89.7 Å². The van der Waals surface area contributed by atoms with Crippen LogP contribution in [0.2, 0.25) is 0 Å². The lowest BCUT2D eigenvalue weighted by Gasteiger charge is -2.27. The summed E-state index contributed by atoms with van der Waals surface area (Å²) in [6.07, 6.45) is 0.310. The molecule has 0 bridgehead atoms. The van der Waals surface area contributed by atoms with Crippen LogP contribution in [0.15, 0.2) is 77.9 Å². The summed E-state index contributed by atoms with van der Waals surface area (Å²) in [4.78, 5) is 28.3. The van der Waals surface area contributed by atoms with Crippen LogP contribution in [0.4, 0.5) is 14.9 Å². The van der Waals surface area contributed by atoms with E-state index in [0.29, 0.717) is 34.9 Å². The SMILES string of the molecule is COCCN(CC(=O)N1N=C(c2ccccc2F)CC1c1ccc(OC)cc1)C(=O)Nc1ccccc1OC. The third kappa shape index (κ3) is 6.53. The molecule has 1 aliphatic heterocycles. The predicted octanol–water partition coefficient (Wildman–Crippen LogP) is 4.70. The summed E-state index contributed by atoms with van der Waals surface area (Å²) in [6, 6.07) is 19.6. The van der Waals surface area contributed by atoms with Gasteiger partial charge in [0, 0.05) is 25.6 Å². The zero-order valence-corrected chi connectivity index (χ0v) is 22.1. The molecule has 0 spiro atoms. The second-order valence-corrected chi connectivity index (χ2v) is 8.80. The number of urea groups is 1. The van der Waals surface area contributed by atoms with Crippen molar-refractivity contribution in [2.45, 2.75) is 12.5 Å². The minimum atomic E-state index is -0.497. The van der Waals surface area contributed by atoms with Gasteiger partial charge in [0.1, 0.15) is 23.9 Å². The van der Waals surface area contributed by atoms with E-state index < -0.39 is 23.8 Å². The highest BCUT2D eigenvalue weighted by Gasteiger charge is 2.35. The van der Waals surface area contributed by atoms with Crippen molar-refractivity contribution < 1.29 is 28.2 Å². The largest absolute Gasteiger partial charge is 0.497 e. The van der Waals surface area contributed by atoms with E-state index in [0.717, 1.165) is 5.56 Å². The minimum absolute atomic E-state index is 0.161. The van der Waals surface area contributed by atoms with Gasteiger partial charge in [-0.2, -0.15) is 5.10 Å². The van der Waals surface area contributed by atoms with Crippen molar-refractivity contribution in [3.8, 4) is 11.5 Å². The fraction of sp³-hybridized carbons (Fsp3) is 0.276. The Morgan fingerprint density at radius 2 is 1.72 bits per heavy atom. The first kappa shape index (κ1) is 27.6. The van der Waals surface area contributed by atoms with Gasteiger partial charge in [-0.05, 0) is 35.9 Å². The number of carbonyl (C=O) groups is 2. The maximum absolute atomic E-state index is 14.6. The monoisotopic (exact) mass is 534 g/mol. The second-order valence-electron chi connectivity index (χ2n) is 8.80. The van der Waals surface area contributed by atoms with Crippen LogP contribution in [-0.4, -0.2) is 68.6 Å². The molecule has 3 amide bonds. The Kier molecular flexibility index (Phi) is 9.11. The third-order valence-corrected chi connectivity index (χ3v) is 6.38. The zero-order valence-electron chi connectivity index (χ0n) is 22.1. The molecule has 3 aromatic rings. The number of ether oxygens (including phenoxy) is 3. The molecule has 1 unspecified atom stereocenters. The molecule has 3 aromatic carbocycles. The molecule has 204 valence electrons. The fourth-order valence-electron chi connectivity index (χ4n) is 4.32. The van der Waals surface area contributed by atoms with Gasteiger partial charge in [0.05, 0.1) is 38.3 Å². The van der Waals surface area contributed by atoms with E-state index in [2.05, 4.69) is 10.4 Å². The van der Waals surface area contributed by atoms with Crippen LogP contribution in [-0.2, 0) is 9.53 Å². The lowest BCUT2D eigenvalue weighted by molar-refractivity contribution is -0.133. The molecule has 1 aliphatic rings. The number of nitrogens with zero attached hydrogens (tertiary/aromatic N) is 3. The van der Waals surface area contributed by atoms with Crippen LogP contribution in [0.5, 0.6) is 11.5 Å². The van der Waals surface area contributed by atoms with Crippen LogP contribution >= 0.6 is 0 Å². The highest BCUT2D eigenvalue weighted by molar-refractivity contribution is 6.03. The van der Waals surface area contributed by atoms with Gasteiger partial charge in [-0.3, -0.25) is 4.79 Å². The number of amides is 3. The summed E-state index contributed by atoms with van der Waals surface area (Å²) in [6.45, 7) is 0.109. The molecule has 0 saturated carbocycles. The van der Waals surface area contributed by atoms with Gasteiger partial charge in [-0.15, -0.1) is 0 Å². The predicted molar refractivity (Wildman–Crippen MR) is 146 cm³/mol. The van der Waals surface area contributed by atoms with E-state index in [1.54, 1.807) is 61.7 Å². The van der Waals surface area contributed by atoms with Crippen LogP contribution in [0.25, 0.3) is 0 Å². The van der Waals surface area contributed by atoms with Crippen molar-refractivity contribution in [3.63, 3.8) is 0 Å². The summed E-state index contributed by atoms with van der Waals surface area (Å²) in [5.74, 6) is 0.316. The quantitative estimate of drug-likeness (QED) is 0.407. The Morgan fingerprint density at radius 3 is 2.41 bits per heavy atom. The van der Waals surface area contributed by atoms with Gasteiger partial charge in [-0.1, -0.05) is 42.5 Å². The molecule has 1 N–H and O–H groups in total. The first-order valence-electron chi connectivity index (χ1n) is 12.4.